The minimum Gasteiger partial charge on any atom is -0.501 e. The van der Waals surface area contributed by atoms with Gasteiger partial charge in [0.05, 0.1) is 12.9 Å². The third-order valence-electron chi connectivity index (χ3n) is 4.19. The van der Waals surface area contributed by atoms with Crippen LogP contribution in [-0.2, 0) is 4.74 Å². The lowest BCUT2D eigenvalue weighted by Crippen LogP contribution is -2.43. The maximum Gasteiger partial charge on any atom is 0.106 e. The van der Waals surface area contributed by atoms with E-state index >= 15 is 0 Å². The van der Waals surface area contributed by atoms with Crippen molar-refractivity contribution in [3.8, 4) is 0 Å². The Morgan fingerprint density at radius 2 is 2.33 bits per heavy atom. The Balaban J connectivity index is 1.86. The highest BCUT2D eigenvalue weighted by Crippen LogP contribution is 2.42. The van der Waals surface area contributed by atoms with Gasteiger partial charge in [-0.3, -0.25) is 4.90 Å². The van der Waals surface area contributed by atoms with E-state index in [4.69, 9.17) is 4.74 Å². The number of hydrogen-bond donors (Lipinski definition) is 1. The summed E-state index contributed by atoms with van der Waals surface area (Å²) in [6.07, 6.45) is 7.18. The van der Waals surface area contributed by atoms with Crippen LogP contribution in [-0.4, -0.2) is 41.3 Å². The summed E-state index contributed by atoms with van der Waals surface area (Å²) in [5.74, 6) is 0. The van der Waals surface area contributed by atoms with Crippen LogP contribution in [0.5, 0.6) is 0 Å². The summed E-state index contributed by atoms with van der Waals surface area (Å²) in [5.41, 5.74) is 0.569. The van der Waals surface area contributed by atoms with Crippen molar-refractivity contribution in [2.75, 3.05) is 19.7 Å². The second-order valence-electron chi connectivity index (χ2n) is 4.99. The Kier molecular flexibility index (Phi) is 2.25. The molecule has 3 nitrogen and oxygen atoms in total. The first-order valence-corrected chi connectivity index (χ1v) is 6.08. The van der Waals surface area contributed by atoms with Gasteiger partial charge in [-0.25, -0.2) is 0 Å². The van der Waals surface area contributed by atoms with E-state index in [9.17, 15) is 5.11 Å². The molecule has 0 aliphatic carbocycles. The average molecular weight is 209 g/mol. The van der Waals surface area contributed by atoms with Crippen molar-refractivity contribution in [2.45, 2.75) is 43.7 Å². The first-order valence-electron chi connectivity index (χ1n) is 6.08. The van der Waals surface area contributed by atoms with Gasteiger partial charge in [0.15, 0.2) is 0 Å². The zero-order chi connectivity index (χ0) is 10.3. The zero-order valence-corrected chi connectivity index (χ0v) is 9.11. The van der Waals surface area contributed by atoms with Gasteiger partial charge in [-0.15, -0.1) is 0 Å². The Morgan fingerprint density at radius 1 is 1.40 bits per heavy atom. The third-order valence-corrected chi connectivity index (χ3v) is 4.19. The van der Waals surface area contributed by atoms with Crippen LogP contribution in [0.1, 0.15) is 32.1 Å². The van der Waals surface area contributed by atoms with Gasteiger partial charge in [-0.1, -0.05) is 0 Å². The van der Waals surface area contributed by atoms with Crippen LogP contribution in [0.25, 0.3) is 0 Å². The Hall–Kier alpha value is -0.540. The van der Waals surface area contributed by atoms with Crippen LogP contribution in [0.2, 0.25) is 0 Å². The molecule has 15 heavy (non-hydrogen) atoms. The molecule has 0 bridgehead atoms. The maximum absolute atomic E-state index is 10.8. The maximum atomic E-state index is 10.8. The highest BCUT2D eigenvalue weighted by molar-refractivity contribution is 5.24. The van der Waals surface area contributed by atoms with E-state index in [1.165, 1.54) is 13.0 Å². The van der Waals surface area contributed by atoms with Crippen LogP contribution in [0.3, 0.4) is 0 Å². The molecule has 0 amide bonds. The lowest BCUT2D eigenvalue weighted by molar-refractivity contribution is 0.0361. The molecule has 2 fully saturated rings. The standard InChI is InChI=1S/C12H19NO2/c14-12(10-3-2-8-15-9-10)5-7-13-6-1-4-11(12)13/h9,11,14H,1-8H2. The number of nitrogens with zero attached hydrogens (tertiary/aromatic N) is 1. The van der Waals surface area contributed by atoms with E-state index in [1.54, 1.807) is 0 Å². The molecule has 3 aliphatic heterocycles. The van der Waals surface area contributed by atoms with Gasteiger partial charge in [-0.2, -0.15) is 0 Å². The predicted molar refractivity (Wildman–Crippen MR) is 57.4 cm³/mol. The molecule has 0 spiro atoms. The van der Waals surface area contributed by atoms with Crippen molar-refractivity contribution in [2.24, 2.45) is 0 Å². The molecule has 2 saturated heterocycles. The van der Waals surface area contributed by atoms with Crippen molar-refractivity contribution in [3.05, 3.63) is 11.8 Å². The Morgan fingerprint density at radius 3 is 3.13 bits per heavy atom. The van der Waals surface area contributed by atoms with Crippen molar-refractivity contribution >= 4 is 0 Å². The lowest BCUT2D eigenvalue weighted by atomic mass is 9.83. The van der Waals surface area contributed by atoms with Crippen molar-refractivity contribution < 1.29 is 9.84 Å². The molecular formula is C12H19NO2. The summed E-state index contributed by atoms with van der Waals surface area (Å²) in [6.45, 7) is 3.04. The van der Waals surface area contributed by atoms with E-state index < -0.39 is 5.60 Å². The number of fused-ring (bicyclic) bond motifs is 1. The van der Waals surface area contributed by atoms with E-state index in [2.05, 4.69) is 4.90 Å². The Bertz CT molecular complexity index is 289. The lowest BCUT2D eigenvalue weighted by Gasteiger charge is -2.33. The molecule has 3 rings (SSSR count). The second-order valence-corrected chi connectivity index (χ2v) is 4.99. The molecule has 1 N–H and O–H groups in total. The smallest absolute Gasteiger partial charge is 0.106 e. The Labute approximate surface area is 90.7 Å². The number of aliphatic hydroxyl groups is 1. The molecule has 0 aromatic rings. The minimum absolute atomic E-state index is 0.366. The minimum atomic E-state index is -0.572. The predicted octanol–water partition coefficient (Wildman–Crippen LogP) is 1.28. The molecule has 0 aromatic heterocycles. The molecule has 3 heterocycles. The van der Waals surface area contributed by atoms with Gasteiger partial charge >= 0.3 is 0 Å². The van der Waals surface area contributed by atoms with Crippen LogP contribution < -0.4 is 0 Å². The zero-order valence-electron chi connectivity index (χ0n) is 9.11. The number of ether oxygens (including phenoxy) is 1. The summed E-state index contributed by atoms with van der Waals surface area (Å²) in [5, 5.41) is 10.8. The van der Waals surface area contributed by atoms with Crippen molar-refractivity contribution in [3.63, 3.8) is 0 Å². The summed E-state index contributed by atoms with van der Waals surface area (Å²) < 4.78 is 5.37. The summed E-state index contributed by atoms with van der Waals surface area (Å²) >= 11 is 0. The summed E-state index contributed by atoms with van der Waals surface area (Å²) in [4.78, 5) is 2.44. The van der Waals surface area contributed by atoms with Crippen LogP contribution in [0.4, 0.5) is 0 Å². The second kappa shape index (κ2) is 3.49. The molecule has 84 valence electrons. The SMILES string of the molecule is OC1(C2=COCCC2)CCN2CCCC21. The molecular weight excluding hydrogens is 190 g/mol. The van der Waals surface area contributed by atoms with Crippen molar-refractivity contribution in [1.82, 2.24) is 4.90 Å². The van der Waals surface area contributed by atoms with E-state index in [1.807, 2.05) is 6.26 Å². The van der Waals surface area contributed by atoms with Crippen LogP contribution >= 0.6 is 0 Å². The summed E-state index contributed by atoms with van der Waals surface area (Å²) in [6, 6.07) is 0.366. The highest BCUT2D eigenvalue weighted by Gasteiger charge is 2.50. The van der Waals surface area contributed by atoms with Crippen LogP contribution in [0.15, 0.2) is 11.8 Å². The quantitative estimate of drug-likeness (QED) is 0.706. The van der Waals surface area contributed by atoms with Crippen molar-refractivity contribution in [1.29, 1.82) is 0 Å². The fraction of sp³-hybridized carbons (Fsp3) is 0.833. The topological polar surface area (TPSA) is 32.7 Å². The molecule has 2 atom stereocenters. The number of hydrogen-bond acceptors (Lipinski definition) is 3. The average Bonchev–Trinajstić information content (AvgIpc) is 2.85. The molecule has 3 aliphatic rings. The molecule has 3 heteroatoms. The molecule has 0 aromatic carbocycles. The fourth-order valence-electron chi connectivity index (χ4n) is 3.37. The number of rotatable bonds is 1. The van der Waals surface area contributed by atoms with E-state index in [0.29, 0.717) is 6.04 Å². The highest BCUT2D eigenvalue weighted by atomic mass is 16.5. The third kappa shape index (κ3) is 1.41. The van der Waals surface area contributed by atoms with E-state index in [-0.39, 0.29) is 0 Å². The van der Waals surface area contributed by atoms with Crippen LogP contribution in [0, 0.1) is 0 Å². The monoisotopic (exact) mass is 209 g/mol. The van der Waals surface area contributed by atoms with Gasteiger partial charge in [0.1, 0.15) is 5.60 Å². The summed E-state index contributed by atoms with van der Waals surface area (Å²) in [7, 11) is 0. The molecule has 0 radical (unpaired) electrons. The fourth-order valence-corrected chi connectivity index (χ4v) is 3.37. The van der Waals surface area contributed by atoms with Gasteiger partial charge < -0.3 is 9.84 Å². The molecule has 2 unspecified atom stereocenters. The normalized spacial score (nSPS) is 41.1. The van der Waals surface area contributed by atoms with Gasteiger partial charge in [0.25, 0.3) is 0 Å². The first-order chi connectivity index (χ1) is 7.31. The van der Waals surface area contributed by atoms with Gasteiger partial charge in [0.2, 0.25) is 0 Å². The largest absolute Gasteiger partial charge is 0.501 e. The first kappa shape index (κ1) is 9.67. The van der Waals surface area contributed by atoms with E-state index in [0.717, 1.165) is 44.4 Å². The van der Waals surface area contributed by atoms with Gasteiger partial charge in [0, 0.05) is 12.6 Å². The van der Waals surface area contributed by atoms with Gasteiger partial charge in [-0.05, 0) is 44.2 Å². The molecule has 0 saturated carbocycles.